The Morgan fingerprint density at radius 3 is 2.71 bits per heavy atom. The molecular weight excluding hydrogens is 222 g/mol. The number of nitrogens with two attached hydrogens (primary N) is 1. The number of rotatable bonds is 1. The fourth-order valence-corrected chi connectivity index (χ4v) is 2.30. The molecule has 94 valence electrons. The first kappa shape index (κ1) is 12.3. The summed E-state index contributed by atoms with van der Waals surface area (Å²) >= 11 is 0. The summed E-state index contributed by atoms with van der Waals surface area (Å²) in [7, 11) is 0. The fraction of sp³-hybridized carbons (Fsp3) is 0.538. The minimum atomic E-state index is -0.490. The molecule has 1 aromatic carbocycles. The maximum Gasteiger partial charge on any atom is 0.152 e. The third-order valence-corrected chi connectivity index (χ3v) is 3.55. The topological polar surface area (TPSA) is 29.3 Å². The number of aryl methyl sites for hydroxylation is 1. The highest BCUT2D eigenvalue weighted by Gasteiger charge is 2.27. The lowest BCUT2D eigenvalue weighted by Crippen LogP contribution is -2.46. The molecule has 1 saturated heterocycles. The third kappa shape index (κ3) is 2.27. The van der Waals surface area contributed by atoms with E-state index in [-0.39, 0.29) is 17.6 Å². The molecule has 2 nitrogen and oxygen atoms in total. The fourth-order valence-electron chi connectivity index (χ4n) is 2.30. The molecule has 0 bridgehead atoms. The largest absolute Gasteiger partial charge is 0.366 e. The van der Waals surface area contributed by atoms with Gasteiger partial charge in [-0.05, 0) is 30.9 Å². The summed E-state index contributed by atoms with van der Waals surface area (Å²) in [6, 6.07) is 2.92. The molecule has 1 aliphatic rings. The van der Waals surface area contributed by atoms with E-state index in [0.29, 0.717) is 18.7 Å². The van der Waals surface area contributed by atoms with Crippen molar-refractivity contribution in [3.05, 3.63) is 29.3 Å². The number of hydrogen-bond donors (Lipinski definition) is 1. The van der Waals surface area contributed by atoms with Crippen LogP contribution < -0.4 is 10.6 Å². The standard InChI is InChI=1S/C13H18F2N2/c1-8-3-4-10(14)13(12(8)15)17-6-5-11(16)9(2)7-17/h3-4,9,11H,5-7,16H2,1-2H3. The van der Waals surface area contributed by atoms with Crippen LogP contribution >= 0.6 is 0 Å². The average molecular weight is 240 g/mol. The van der Waals surface area contributed by atoms with E-state index in [0.717, 1.165) is 6.42 Å². The first-order valence-corrected chi connectivity index (χ1v) is 5.96. The highest BCUT2D eigenvalue weighted by atomic mass is 19.1. The summed E-state index contributed by atoms with van der Waals surface area (Å²) in [5, 5.41) is 0. The SMILES string of the molecule is Cc1ccc(F)c(N2CCC(N)C(C)C2)c1F. The van der Waals surface area contributed by atoms with Crippen molar-refractivity contribution in [2.75, 3.05) is 18.0 Å². The number of hydrogen-bond acceptors (Lipinski definition) is 2. The summed E-state index contributed by atoms with van der Waals surface area (Å²) in [6.07, 6.45) is 0.772. The Bertz CT molecular complexity index is 420. The molecule has 2 unspecified atom stereocenters. The molecule has 1 aromatic rings. The molecule has 0 saturated carbocycles. The quantitative estimate of drug-likeness (QED) is 0.817. The molecule has 1 heterocycles. The van der Waals surface area contributed by atoms with Gasteiger partial charge in [0.2, 0.25) is 0 Å². The molecule has 1 fully saturated rings. The smallest absolute Gasteiger partial charge is 0.152 e. The monoisotopic (exact) mass is 240 g/mol. The van der Waals surface area contributed by atoms with Crippen molar-refractivity contribution < 1.29 is 8.78 Å². The molecule has 0 radical (unpaired) electrons. The van der Waals surface area contributed by atoms with Gasteiger partial charge in [-0.3, -0.25) is 0 Å². The summed E-state index contributed by atoms with van der Waals surface area (Å²) < 4.78 is 27.7. The van der Waals surface area contributed by atoms with Crippen molar-refractivity contribution in [2.24, 2.45) is 11.7 Å². The van der Waals surface area contributed by atoms with E-state index in [2.05, 4.69) is 0 Å². The van der Waals surface area contributed by atoms with E-state index in [9.17, 15) is 8.78 Å². The van der Waals surface area contributed by atoms with Crippen LogP contribution in [0.4, 0.5) is 14.5 Å². The Balaban J connectivity index is 2.31. The predicted molar refractivity (Wildman–Crippen MR) is 65.1 cm³/mol. The number of benzene rings is 1. The minimum absolute atomic E-state index is 0.101. The number of piperidine rings is 1. The molecule has 0 amide bonds. The van der Waals surface area contributed by atoms with Gasteiger partial charge in [0.1, 0.15) is 11.5 Å². The van der Waals surface area contributed by atoms with E-state index in [1.165, 1.54) is 12.1 Å². The number of nitrogens with zero attached hydrogens (tertiary/aromatic N) is 1. The van der Waals surface area contributed by atoms with E-state index < -0.39 is 11.6 Å². The van der Waals surface area contributed by atoms with Crippen LogP contribution in [0, 0.1) is 24.5 Å². The van der Waals surface area contributed by atoms with Crippen LogP contribution in [-0.4, -0.2) is 19.1 Å². The third-order valence-electron chi connectivity index (χ3n) is 3.55. The zero-order valence-corrected chi connectivity index (χ0v) is 10.2. The van der Waals surface area contributed by atoms with Gasteiger partial charge in [0.05, 0.1) is 0 Å². The van der Waals surface area contributed by atoms with E-state index in [1.807, 2.05) is 6.92 Å². The van der Waals surface area contributed by atoms with Gasteiger partial charge in [0, 0.05) is 19.1 Å². The van der Waals surface area contributed by atoms with E-state index in [1.54, 1.807) is 11.8 Å². The van der Waals surface area contributed by atoms with E-state index in [4.69, 9.17) is 5.73 Å². The molecule has 0 aliphatic carbocycles. The highest BCUT2D eigenvalue weighted by molar-refractivity contribution is 5.52. The average Bonchev–Trinajstić information content (AvgIpc) is 2.29. The van der Waals surface area contributed by atoms with E-state index >= 15 is 0 Å². The second-order valence-corrected chi connectivity index (χ2v) is 4.90. The second-order valence-electron chi connectivity index (χ2n) is 4.90. The summed E-state index contributed by atoms with van der Waals surface area (Å²) in [6.45, 7) is 4.89. The Hall–Kier alpha value is -1.16. The van der Waals surface area contributed by atoms with Gasteiger partial charge in [-0.15, -0.1) is 0 Å². The van der Waals surface area contributed by atoms with Crippen molar-refractivity contribution >= 4 is 5.69 Å². The van der Waals surface area contributed by atoms with Crippen LogP contribution in [0.5, 0.6) is 0 Å². The van der Waals surface area contributed by atoms with Gasteiger partial charge in [0.25, 0.3) is 0 Å². The zero-order valence-electron chi connectivity index (χ0n) is 10.2. The van der Waals surface area contributed by atoms with Crippen molar-refractivity contribution in [3.8, 4) is 0 Å². The lowest BCUT2D eigenvalue weighted by molar-refractivity contribution is 0.377. The van der Waals surface area contributed by atoms with Gasteiger partial charge in [-0.1, -0.05) is 13.0 Å². The van der Waals surface area contributed by atoms with Crippen LogP contribution in [0.3, 0.4) is 0 Å². The Kier molecular flexibility index (Phi) is 3.33. The van der Waals surface area contributed by atoms with Gasteiger partial charge in [-0.2, -0.15) is 0 Å². The zero-order chi connectivity index (χ0) is 12.6. The van der Waals surface area contributed by atoms with Crippen LogP contribution in [0.15, 0.2) is 12.1 Å². The molecule has 2 atom stereocenters. The number of anilines is 1. The van der Waals surface area contributed by atoms with Crippen LogP contribution in [0.2, 0.25) is 0 Å². The Morgan fingerprint density at radius 1 is 1.35 bits per heavy atom. The Labute approximate surface area is 100 Å². The van der Waals surface area contributed by atoms with Gasteiger partial charge in [0.15, 0.2) is 5.82 Å². The lowest BCUT2D eigenvalue weighted by atomic mass is 9.94. The maximum atomic E-state index is 14.0. The first-order valence-electron chi connectivity index (χ1n) is 5.96. The molecule has 1 aliphatic heterocycles. The first-order chi connectivity index (χ1) is 8.00. The molecule has 4 heteroatoms. The van der Waals surface area contributed by atoms with Crippen molar-refractivity contribution in [3.63, 3.8) is 0 Å². The summed E-state index contributed by atoms with van der Waals surface area (Å²) in [4.78, 5) is 1.77. The predicted octanol–water partition coefficient (Wildman–Crippen LogP) is 2.45. The van der Waals surface area contributed by atoms with Crippen molar-refractivity contribution in [2.45, 2.75) is 26.3 Å². The van der Waals surface area contributed by atoms with Crippen LogP contribution in [-0.2, 0) is 0 Å². The molecule has 2 rings (SSSR count). The van der Waals surface area contributed by atoms with Crippen LogP contribution in [0.1, 0.15) is 18.9 Å². The normalized spacial score (nSPS) is 25.1. The Morgan fingerprint density at radius 2 is 2.06 bits per heavy atom. The lowest BCUT2D eigenvalue weighted by Gasteiger charge is -2.37. The number of halogens is 2. The van der Waals surface area contributed by atoms with Crippen LogP contribution in [0.25, 0.3) is 0 Å². The molecule has 2 N–H and O–H groups in total. The minimum Gasteiger partial charge on any atom is -0.366 e. The molecule has 17 heavy (non-hydrogen) atoms. The van der Waals surface area contributed by atoms with Gasteiger partial charge >= 0.3 is 0 Å². The molecule has 0 aromatic heterocycles. The summed E-state index contributed by atoms with van der Waals surface area (Å²) in [5.74, 6) is -0.688. The summed E-state index contributed by atoms with van der Waals surface area (Å²) in [5.41, 5.74) is 6.49. The maximum absolute atomic E-state index is 14.0. The van der Waals surface area contributed by atoms with Gasteiger partial charge < -0.3 is 10.6 Å². The van der Waals surface area contributed by atoms with Crippen molar-refractivity contribution in [1.82, 2.24) is 0 Å². The highest BCUT2D eigenvalue weighted by Crippen LogP contribution is 2.29. The second kappa shape index (κ2) is 4.61. The van der Waals surface area contributed by atoms with Crippen molar-refractivity contribution in [1.29, 1.82) is 0 Å². The van der Waals surface area contributed by atoms with Gasteiger partial charge in [-0.25, -0.2) is 8.78 Å². The molecular formula is C13H18F2N2. The molecule has 0 spiro atoms.